The van der Waals surface area contributed by atoms with Gasteiger partial charge in [-0.25, -0.2) is 4.98 Å². The molecule has 0 bridgehead atoms. The summed E-state index contributed by atoms with van der Waals surface area (Å²) in [6, 6.07) is 20.3. The molecule has 0 aliphatic rings. The zero-order chi connectivity index (χ0) is 16.7. The number of nitrogens with zero attached hydrogens (tertiary/aromatic N) is 1. The van der Waals surface area contributed by atoms with E-state index in [2.05, 4.69) is 77.0 Å². The Bertz CT molecular complexity index is 1040. The van der Waals surface area contributed by atoms with E-state index in [0.717, 1.165) is 41.2 Å². The Hall–Kier alpha value is -1.43. The maximum Gasteiger partial charge on any atom is 0.228 e. The fraction of sp³-hybridized carbons (Fsp3) is 0. The number of hydrogen-bond donors (Lipinski definition) is 0. The van der Waals surface area contributed by atoms with Crippen molar-refractivity contribution in [1.29, 1.82) is 0 Å². The quantitative estimate of drug-likeness (QED) is 0.281. The molecule has 0 unspecified atom stereocenters. The van der Waals surface area contributed by atoms with Gasteiger partial charge in [-0.05, 0) is 73.3 Å². The van der Waals surface area contributed by atoms with Gasteiger partial charge in [0.15, 0.2) is 5.58 Å². The SMILES string of the molecule is Brc1ccc(-c2nc3cc(-c4ccccc4)cc(Br)c3o2)c(Br)c1. The van der Waals surface area contributed by atoms with Crippen molar-refractivity contribution < 1.29 is 4.42 Å². The van der Waals surface area contributed by atoms with Crippen LogP contribution in [0.25, 0.3) is 33.7 Å². The van der Waals surface area contributed by atoms with E-state index in [0.29, 0.717) is 5.89 Å². The Morgan fingerprint density at radius 1 is 0.750 bits per heavy atom. The summed E-state index contributed by atoms with van der Waals surface area (Å²) in [5.41, 5.74) is 4.74. The van der Waals surface area contributed by atoms with Gasteiger partial charge in [0.25, 0.3) is 0 Å². The Morgan fingerprint density at radius 3 is 2.29 bits per heavy atom. The molecular formula is C19H10Br3NO. The maximum absolute atomic E-state index is 5.99. The average Bonchev–Trinajstić information content (AvgIpc) is 3.00. The van der Waals surface area contributed by atoms with Crippen LogP contribution in [0.4, 0.5) is 0 Å². The molecule has 24 heavy (non-hydrogen) atoms. The van der Waals surface area contributed by atoms with Gasteiger partial charge in [0.1, 0.15) is 5.52 Å². The normalized spacial score (nSPS) is 11.1. The van der Waals surface area contributed by atoms with Gasteiger partial charge in [-0.2, -0.15) is 0 Å². The Labute approximate surface area is 164 Å². The van der Waals surface area contributed by atoms with Crippen LogP contribution in [0.3, 0.4) is 0 Å². The first-order valence-corrected chi connectivity index (χ1v) is 9.60. The van der Waals surface area contributed by atoms with Gasteiger partial charge in [-0.1, -0.05) is 46.3 Å². The lowest BCUT2D eigenvalue weighted by Crippen LogP contribution is -1.80. The van der Waals surface area contributed by atoms with Gasteiger partial charge in [-0.3, -0.25) is 0 Å². The summed E-state index contributed by atoms with van der Waals surface area (Å²) in [7, 11) is 0. The first kappa shape index (κ1) is 16.1. The number of aromatic nitrogens is 1. The lowest BCUT2D eigenvalue weighted by Gasteiger charge is -2.02. The summed E-state index contributed by atoms with van der Waals surface area (Å²) in [6.07, 6.45) is 0. The standard InChI is InChI=1S/C19H10Br3NO/c20-13-6-7-14(15(21)10-13)19-23-17-9-12(8-16(22)18(17)24-19)11-4-2-1-3-5-11/h1-10H. The molecule has 4 aromatic rings. The van der Waals surface area contributed by atoms with Crippen LogP contribution in [-0.2, 0) is 0 Å². The van der Waals surface area contributed by atoms with Crippen molar-refractivity contribution in [3.8, 4) is 22.6 Å². The second-order valence-corrected chi connectivity index (χ2v) is 7.94. The van der Waals surface area contributed by atoms with Crippen LogP contribution in [0, 0.1) is 0 Å². The molecule has 0 saturated heterocycles. The molecule has 0 atom stereocenters. The molecule has 0 amide bonds. The van der Waals surface area contributed by atoms with Crippen LogP contribution >= 0.6 is 47.8 Å². The molecule has 4 rings (SSSR count). The molecule has 5 heteroatoms. The smallest absolute Gasteiger partial charge is 0.228 e. The number of oxazole rings is 1. The van der Waals surface area contributed by atoms with E-state index in [-0.39, 0.29) is 0 Å². The molecule has 2 nitrogen and oxygen atoms in total. The summed E-state index contributed by atoms with van der Waals surface area (Å²) >= 11 is 10.6. The van der Waals surface area contributed by atoms with Gasteiger partial charge in [0, 0.05) is 8.95 Å². The Balaban J connectivity index is 1.88. The van der Waals surface area contributed by atoms with E-state index in [1.165, 1.54) is 0 Å². The first-order valence-electron chi connectivity index (χ1n) is 7.23. The predicted octanol–water partition coefficient (Wildman–Crippen LogP) is 7.45. The monoisotopic (exact) mass is 505 g/mol. The zero-order valence-electron chi connectivity index (χ0n) is 12.3. The number of benzene rings is 3. The molecule has 0 saturated carbocycles. The Morgan fingerprint density at radius 2 is 1.54 bits per heavy atom. The van der Waals surface area contributed by atoms with Crippen molar-refractivity contribution in [2.24, 2.45) is 0 Å². The summed E-state index contributed by atoms with van der Waals surface area (Å²) in [4.78, 5) is 4.68. The van der Waals surface area contributed by atoms with E-state index in [9.17, 15) is 0 Å². The van der Waals surface area contributed by atoms with Crippen molar-refractivity contribution in [3.63, 3.8) is 0 Å². The van der Waals surface area contributed by atoms with Crippen molar-refractivity contribution in [1.82, 2.24) is 4.98 Å². The minimum atomic E-state index is 0.593. The second kappa shape index (κ2) is 6.47. The van der Waals surface area contributed by atoms with Crippen LogP contribution in [0.5, 0.6) is 0 Å². The summed E-state index contributed by atoms with van der Waals surface area (Å²) in [5.74, 6) is 0.593. The van der Waals surface area contributed by atoms with Gasteiger partial charge < -0.3 is 4.42 Å². The van der Waals surface area contributed by atoms with Crippen molar-refractivity contribution >= 4 is 58.9 Å². The van der Waals surface area contributed by atoms with E-state index < -0.39 is 0 Å². The topological polar surface area (TPSA) is 26.0 Å². The number of fused-ring (bicyclic) bond motifs is 1. The number of rotatable bonds is 2. The fourth-order valence-corrected chi connectivity index (χ4v) is 4.31. The van der Waals surface area contributed by atoms with Crippen LogP contribution < -0.4 is 0 Å². The van der Waals surface area contributed by atoms with Crippen LogP contribution in [-0.4, -0.2) is 4.98 Å². The number of hydrogen-bond acceptors (Lipinski definition) is 2. The minimum absolute atomic E-state index is 0.593. The van der Waals surface area contributed by atoms with E-state index in [1.807, 2.05) is 36.4 Å². The highest BCUT2D eigenvalue weighted by atomic mass is 79.9. The lowest BCUT2D eigenvalue weighted by atomic mass is 10.1. The van der Waals surface area contributed by atoms with Crippen molar-refractivity contribution in [2.75, 3.05) is 0 Å². The molecule has 3 aromatic carbocycles. The molecule has 0 fully saturated rings. The van der Waals surface area contributed by atoms with Gasteiger partial charge in [0.2, 0.25) is 5.89 Å². The molecule has 0 radical (unpaired) electrons. The summed E-state index contributed by atoms with van der Waals surface area (Å²) in [5, 5.41) is 0. The molecular weight excluding hydrogens is 498 g/mol. The molecule has 118 valence electrons. The summed E-state index contributed by atoms with van der Waals surface area (Å²) in [6.45, 7) is 0. The van der Waals surface area contributed by atoms with Crippen molar-refractivity contribution in [3.05, 3.63) is 74.1 Å². The molecule has 1 heterocycles. The van der Waals surface area contributed by atoms with Gasteiger partial charge in [-0.15, -0.1) is 0 Å². The lowest BCUT2D eigenvalue weighted by molar-refractivity contribution is 0.617. The highest BCUT2D eigenvalue weighted by Crippen LogP contribution is 2.36. The largest absolute Gasteiger partial charge is 0.435 e. The minimum Gasteiger partial charge on any atom is -0.435 e. The highest BCUT2D eigenvalue weighted by Gasteiger charge is 2.15. The second-order valence-electron chi connectivity index (χ2n) is 5.32. The Kier molecular flexibility index (Phi) is 4.33. The van der Waals surface area contributed by atoms with E-state index in [1.54, 1.807) is 0 Å². The van der Waals surface area contributed by atoms with Crippen LogP contribution in [0.1, 0.15) is 0 Å². The average molecular weight is 508 g/mol. The molecule has 0 N–H and O–H groups in total. The molecule has 0 aliphatic carbocycles. The number of halogens is 3. The first-order chi connectivity index (χ1) is 11.6. The molecule has 0 aliphatic heterocycles. The third-order valence-corrected chi connectivity index (χ3v) is 5.45. The van der Waals surface area contributed by atoms with Crippen molar-refractivity contribution in [2.45, 2.75) is 0 Å². The maximum atomic E-state index is 5.99. The van der Waals surface area contributed by atoms with E-state index in [4.69, 9.17) is 4.42 Å². The molecule has 0 spiro atoms. The van der Waals surface area contributed by atoms with E-state index >= 15 is 0 Å². The van der Waals surface area contributed by atoms with Crippen LogP contribution in [0.15, 0.2) is 78.5 Å². The fourth-order valence-electron chi connectivity index (χ4n) is 2.57. The predicted molar refractivity (Wildman–Crippen MR) is 108 cm³/mol. The third kappa shape index (κ3) is 2.96. The third-order valence-electron chi connectivity index (χ3n) is 3.71. The molecule has 1 aromatic heterocycles. The highest BCUT2D eigenvalue weighted by molar-refractivity contribution is 9.11. The summed E-state index contributed by atoms with van der Waals surface area (Å²) < 4.78 is 8.82. The van der Waals surface area contributed by atoms with Crippen LogP contribution in [0.2, 0.25) is 0 Å². The zero-order valence-corrected chi connectivity index (χ0v) is 17.0. The van der Waals surface area contributed by atoms with Gasteiger partial charge in [0.05, 0.1) is 10.0 Å². The van der Waals surface area contributed by atoms with Gasteiger partial charge >= 0.3 is 0 Å².